The van der Waals surface area contributed by atoms with E-state index in [0.29, 0.717) is 0 Å². The Morgan fingerprint density at radius 1 is 0.921 bits per heavy atom. The molecule has 2 aromatic rings. The van der Waals surface area contributed by atoms with E-state index < -0.39 is 21.5 Å². The average Bonchev–Trinajstić information content (AvgIpc) is 3.66. The fourth-order valence-corrected chi connectivity index (χ4v) is 4.79. The Kier molecular flexibility index (Phi) is 10.3. The minimum Gasteiger partial charge on any atom is -0.444 e. The van der Waals surface area contributed by atoms with Gasteiger partial charge in [0.2, 0.25) is 15.9 Å². The maximum absolute atomic E-state index is 11.9. The first kappa shape index (κ1) is 29.6. The lowest BCUT2D eigenvalue weighted by Gasteiger charge is -2.32. The number of likely N-dealkylation sites (tertiary alicyclic amines) is 1. The molecular formula is C29H41N3O5S. The molecule has 1 aliphatic heterocycles. The predicted octanol–water partition coefficient (Wildman–Crippen LogP) is 4.36. The van der Waals surface area contributed by atoms with E-state index in [1.54, 1.807) is 0 Å². The summed E-state index contributed by atoms with van der Waals surface area (Å²) in [6.07, 6.45) is 5.15. The zero-order chi connectivity index (χ0) is 27.8. The number of hydrogen-bond donors (Lipinski definition) is 2. The molecule has 0 bridgehead atoms. The van der Waals surface area contributed by atoms with Gasteiger partial charge in [-0.2, -0.15) is 0 Å². The van der Waals surface area contributed by atoms with Crippen molar-refractivity contribution >= 4 is 22.0 Å². The molecular weight excluding hydrogens is 502 g/mol. The molecule has 0 spiro atoms. The SMILES string of the molecule is CC(C)(C)OC(=O)NC1CCN(Cc2ccc(CC(=O)NS(C)(=O)=O)cc2)CC1.c1ccc(C2CC2)cc1. The van der Waals surface area contributed by atoms with Crippen molar-refractivity contribution in [1.82, 2.24) is 14.9 Å². The highest BCUT2D eigenvalue weighted by molar-refractivity contribution is 7.89. The first-order valence-corrected chi connectivity index (χ1v) is 15.1. The van der Waals surface area contributed by atoms with E-state index in [4.69, 9.17) is 4.74 Å². The Balaban J connectivity index is 0.000000368. The second kappa shape index (κ2) is 13.2. The van der Waals surface area contributed by atoms with Crippen LogP contribution >= 0.6 is 0 Å². The van der Waals surface area contributed by atoms with E-state index in [2.05, 4.69) is 40.5 Å². The summed E-state index contributed by atoms with van der Waals surface area (Å²) in [5, 5.41) is 2.93. The van der Waals surface area contributed by atoms with Crippen LogP contribution in [-0.4, -0.2) is 56.3 Å². The van der Waals surface area contributed by atoms with Crippen LogP contribution in [-0.2, 0) is 32.5 Å². The molecule has 0 atom stereocenters. The molecule has 1 saturated heterocycles. The number of nitrogens with zero attached hydrogens (tertiary/aromatic N) is 1. The highest BCUT2D eigenvalue weighted by atomic mass is 32.2. The van der Waals surface area contributed by atoms with Gasteiger partial charge in [0, 0.05) is 25.7 Å². The molecule has 208 valence electrons. The molecule has 9 heteroatoms. The fraction of sp³-hybridized carbons (Fsp3) is 0.517. The number of nitrogens with one attached hydrogen (secondary N) is 2. The lowest BCUT2D eigenvalue weighted by Crippen LogP contribution is -2.45. The standard InChI is InChI=1S/C20H31N3O5S.C9H10/c1-20(2,3)28-19(25)21-17-9-11-23(12-10-17)14-16-7-5-15(6-8-16)13-18(24)22-29(4,26)27;1-2-4-8(5-3-1)9-6-7-9/h5-8,17H,9-14H2,1-4H3,(H,21,25)(H,22,24);1-5,9H,6-7H2. The molecule has 1 saturated carbocycles. The molecule has 2 aromatic carbocycles. The molecule has 2 N–H and O–H groups in total. The van der Waals surface area contributed by atoms with Crippen molar-refractivity contribution in [1.29, 1.82) is 0 Å². The Labute approximate surface area is 227 Å². The van der Waals surface area contributed by atoms with E-state index >= 15 is 0 Å². The average molecular weight is 544 g/mol. The van der Waals surface area contributed by atoms with Gasteiger partial charge in [0.15, 0.2) is 0 Å². The third-order valence-corrected chi connectivity index (χ3v) is 6.85. The molecule has 2 aliphatic rings. The molecule has 2 amide bonds. The predicted molar refractivity (Wildman–Crippen MR) is 149 cm³/mol. The van der Waals surface area contributed by atoms with Crippen LogP contribution in [0.15, 0.2) is 54.6 Å². The lowest BCUT2D eigenvalue weighted by atomic mass is 10.0. The van der Waals surface area contributed by atoms with Crippen molar-refractivity contribution < 1.29 is 22.7 Å². The molecule has 38 heavy (non-hydrogen) atoms. The summed E-state index contributed by atoms with van der Waals surface area (Å²) in [6, 6.07) is 18.5. The fourth-order valence-electron chi connectivity index (χ4n) is 4.30. The normalized spacial score (nSPS) is 16.6. The summed E-state index contributed by atoms with van der Waals surface area (Å²) in [6.45, 7) is 8.07. The number of alkyl carbamates (subject to hydrolysis) is 1. The van der Waals surface area contributed by atoms with Crippen molar-refractivity contribution in [3.05, 3.63) is 71.3 Å². The molecule has 8 nitrogen and oxygen atoms in total. The van der Waals surface area contributed by atoms with Gasteiger partial charge in [-0.1, -0.05) is 54.6 Å². The quantitative estimate of drug-likeness (QED) is 0.538. The Morgan fingerprint density at radius 2 is 1.50 bits per heavy atom. The van der Waals surface area contributed by atoms with Crippen LogP contribution in [0.5, 0.6) is 0 Å². The molecule has 1 heterocycles. The number of carbonyl (C=O) groups is 2. The van der Waals surface area contributed by atoms with E-state index in [-0.39, 0.29) is 18.6 Å². The number of sulfonamides is 1. The Morgan fingerprint density at radius 3 is 2.03 bits per heavy atom. The third kappa shape index (κ3) is 11.6. The van der Waals surface area contributed by atoms with Gasteiger partial charge in [-0.3, -0.25) is 14.4 Å². The van der Waals surface area contributed by atoms with E-state index in [1.807, 2.05) is 49.8 Å². The number of hydrogen-bond acceptors (Lipinski definition) is 6. The maximum Gasteiger partial charge on any atom is 0.407 e. The lowest BCUT2D eigenvalue weighted by molar-refractivity contribution is -0.118. The minimum absolute atomic E-state index is 0.0229. The number of rotatable bonds is 7. The maximum atomic E-state index is 11.9. The van der Waals surface area contributed by atoms with Gasteiger partial charge in [0.25, 0.3) is 0 Å². The van der Waals surface area contributed by atoms with Crippen LogP contribution in [0.2, 0.25) is 0 Å². The number of benzene rings is 2. The van der Waals surface area contributed by atoms with Crippen LogP contribution in [0, 0.1) is 0 Å². The first-order chi connectivity index (χ1) is 17.9. The number of piperidine rings is 1. The van der Waals surface area contributed by atoms with Gasteiger partial charge in [-0.15, -0.1) is 0 Å². The minimum atomic E-state index is -3.53. The van der Waals surface area contributed by atoms with Crippen LogP contribution in [0.3, 0.4) is 0 Å². The van der Waals surface area contributed by atoms with Crippen molar-refractivity contribution in [2.45, 2.75) is 77.0 Å². The Hall–Kier alpha value is -2.91. The van der Waals surface area contributed by atoms with Crippen LogP contribution in [0.1, 0.15) is 69.1 Å². The monoisotopic (exact) mass is 543 g/mol. The molecule has 1 aliphatic carbocycles. The van der Waals surface area contributed by atoms with Crippen molar-refractivity contribution in [2.75, 3.05) is 19.3 Å². The topological polar surface area (TPSA) is 105 Å². The van der Waals surface area contributed by atoms with Gasteiger partial charge in [-0.25, -0.2) is 13.2 Å². The highest BCUT2D eigenvalue weighted by Gasteiger charge is 2.24. The molecule has 0 radical (unpaired) electrons. The van der Waals surface area contributed by atoms with E-state index in [1.165, 1.54) is 18.4 Å². The van der Waals surface area contributed by atoms with Crippen LogP contribution < -0.4 is 10.0 Å². The summed E-state index contributed by atoms with van der Waals surface area (Å²) in [5.41, 5.74) is 2.91. The zero-order valence-corrected chi connectivity index (χ0v) is 23.7. The van der Waals surface area contributed by atoms with Gasteiger partial charge in [0.05, 0.1) is 12.7 Å². The summed E-state index contributed by atoms with van der Waals surface area (Å²) in [5.74, 6) is 0.367. The zero-order valence-electron chi connectivity index (χ0n) is 22.9. The van der Waals surface area contributed by atoms with Gasteiger partial charge in [-0.05, 0) is 69.1 Å². The van der Waals surface area contributed by atoms with Crippen molar-refractivity contribution in [3.8, 4) is 0 Å². The Bertz CT molecular complexity index is 1150. The number of amides is 2. The van der Waals surface area contributed by atoms with Crippen molar-refractivity contribution in [2.24, 2.45) is 0 Å². The molecule has 0 unspecified atom stereocenters. The molecule has 0 aromatic heterocycles. The van der Waals surface area contributed by atoms with Gasteiger partial charge >= 0.3 is 6.09 Å². The second-order valence-corrected chi connectivity index (χ2v) is 12.9. The van der Waals surface area contributed by atoms with Gasteiger partial charge in [0.1, 0.15) is 5.60 Å². The molecule has 4 rings (SSSR count). The molecule has 2 fully saturated rings. The van der Waals surface area contributed by atoms with Crippen LogP contribution in [0.4, 0.5) is 4.79 Å². The van der Waals surface area contributed by atoms with E-state index in [9.17, 15) is 18.0 Å². The smallest absolute Gasteiger partial charge is 0.407 e. The highest BCUT2D eigenvalue weighted by Crippen LogP contribution is 2.39. The second-order valence-electron chi connectivity index (χ2n) is 11.2. The number of carbonyl (C=O) groups excluding carboxylic acids is 2. The number of ether oxygens (including phenoxy) is 1. The van der Waals surface area contributed by atoms with E-state index in [0.717, 1.165) is 55.8 Å². The van der Waals surface area contributed by atoms with Gasteiger partial charge < -0.3 is 10.1 Å². The first-order valence-electron chi connectivity index (χ1n) is 13.2. The largest absolute Gasteiger partial charge is 0.444 e. The third-order valence-electron chi connectivity index (χ3n) is 6.25. The summed E-state index contributed by atoms with van der Waals surface area (Å²) < 4.78 is 29.4. The summed E-state index contributed by atoms with van der Waals surface area (Å²) in [4.78, 5) is 25.9. The summed E-state index contributed by atoms with van der Waals surface area (Å²) >= 11 is 0. The summed E-state index contributed by atoms with van der Waals surface area (Å²) in [7, 11) is -3.53. The van der Waals surface area contributed by atoms with Crippen molar-refractivity contribution in [3.63, 3.8) is 0 Å². The van der Waals surface area contributed by atoms with Crippen LogP contribution in [0.25, 0.3) is 0 Å².